The normalized spacial score (nSPS) is 17.0. The highest BCUT2D eigenvalue weighted by molar-refractivity contribution is 5.79. The topological polar surface area (TPSA) is 70.6 Å². The lowest BCUT2D eigenvalue weighted by molar-refractivity contribution is -0.00834. The molecule has 1 atom stereocenters. The number of nitrogens with zero attached hydrogens (tertiary/aromatic N) is 3. The van der Waals surface area contributed by atoms with Gasteiger partial charge in [-0.1, -0.05) is 6.07 Å². The Morgan fingerprint density at radius 2 is 1.83 bits per heavy atom. The lowest BCUT2D eigenvalue weighted by Crippen LogP contribution is -2.56. The molecule has 0 aromatic heterocycles. The van der Waals surface area contributed by atoms with Gasteiger partial charge in [0.25, 0.3) is 0 Å². The Kier molecular flexibility index (Phi) is 9.20. The van der Waals surface area contributed by atoms with Crippen molar-refractivity contribution in [2.45, 2.75) is 25.4 Å². The molecule has 1 heterocycles. The van der Waals surface area contributed by atoms with Gasteiger partial charge in [-0.3, -0.25) is 9.89 Å². The van der Waals surface area contributed by atoms with Crippen molar-refractivity contribution in [1.82, 2.24) is 20.4 Å². The minimum Gasteiger partial charge on any atom is -0.493 e. The fourth-order valence-corrected chi connectivity index (χ4v) is 3.65. The molecule has 2 rings (SSSR count). The first-order chi connectivity index (χ1) is 14.3. The second-order valence-electron chi connectivity index (χ2n) is 8.31. The first-order valence-corrected chi connectivity index (χ1v) is 10.5. The molecule has 0 amide bonds. The molecule has 1 aliphatic rings. The Morgan fingerprint density at radius 3 is 2.40 bits per heavy atom. The van der Waals surface area contributed by atoms with Crippen molar-refractivity contribution in [2.24, 2.45) is 4.99 Å². The molecule has 1 aromatic carbocycles. The van der Waals surface area contributed by atoms with E-state index in [4.69, 9.17) is 14.2 Å². The molecule has 2 N–H and O–H groups in total. The van der Waals surface area contributed by atoms with Crippen LogP contribution in [0.25, 0.3) is 0 Å². The maximum absolute atomic E-state index is 5.48. The Bertz CT molecular complexity index is 687. The van der Waals surface area contributed by atoms with Crippen molar-refractivity contribution < 1.29 is 14.2 Å². The molecule has 8 nitrogen and oxygen atoms in total. The molecule has 0 saturated carbocycles. The molecule has 0 bridgehead atoms. The fraction of sp³-hybridized carbons (Fsp3) is 0.682. The van der Waals surface area contributed by atoms with Gasteiger partial charge in [-0.05, 0) is 45.6 Å². The van der Waals surface area contributed by atoms with E-state index in [0.717, 1.165) is 55.9 Å². The van der Waals surface area contributed by atoms with Gasteiger partial charge in [-0.2, -0.15) is 0 Å². The van der Waals surface area contributed by atoms with Gasteiger partial charge in [0.05, 0.1) is 33.5 Å². The van der Waals surface area contributed by atoms with E-state index in [9.17, 15) is 0 Å². The number of methoxy groups -OCH3 is 2. The van der Waals surface area contributed by atoms with Crippen molar-refractivity contribution in [3.05, 3.63) is 23.8 Å². The summed E-state index contributed by atoms with van der Waals surface area (Å²) in [5, 5.41) is 6.96. The Hall–Kier alpha value is -2.03. The molecule has 0 spiro atoms. The van der Waals surface area contributed by atoms with E-state index >= 15 is 0 Å². The van der Waals surface area contributed by atoms with Gasteiger partial charge in [-0.25, -0.2) is 0 Å². The zero-order chi connectivity index (χ0) is 22.1. The lowest BCUT2D eigenvalue weighted by atomic mass is 10.0. The van der Waals surface area contributed by atoms with Crippen LogP contribution in [0.3, 0.4) is 0 Å². The number of guanidine groups is 1. The highest BCUT2D eigenvalue weighted by Gasteiger charge is 2.28. The van der Waals surface area contributed by atoms with Crippen LogP contribution in [0, 0.1) is 0 Å². The van der Waals surface area contributed by atoms with Crippen LogP contribution in [0.5, 0.6) is 11.5 Å². The third kappa shape index (κ3) is 6.48. The van der Waals surface area contributed by atoms with Crippen LogP contribution in [0.15, 0.2) is 23.2 Å². The number of aliphatic imine (C=N–C) groups is 1. The largest absolute Gasteiger partial charge is 0.493 e. The first kappa shape index (κ1) is 24.2. The summed E-state index contributed by atoms with van der Waals surface area (Å²) in [6.07, 6.45) is 0. The average molecular weight is 422 g/mol. The van der Waals surface area contributed by atoms with E-state index in [1.807, 2.05) is 12.1 Å². The molecule has 30 heavy (non-hydrogen) atoms. The summed E-state index contributed by atoms with van der Waals surface area (Å²) in [4.78, 5) is 9.05. The highest BCUT2D eigenvalue weighted by atomic mass is 16.5. The van der Waals surface area contributed by atoms with Crippen LogP contribution in [0.2, 0.25) is 0 Å². The quantitative estimate of drug-likeness (QED) is 0.463. The van der Waals surface area contributed by atoms with Crippen molar-refractivity contribution in [2.75, 3.05) is 74.8 Å². The fourth-order valence-electron chi connectivity index (χ4n) is 3.65. The highest BCUT2D eigenvalue weighted by Crippen LogP contribution is 2.31. The number of morpholine rings is 1. The summed E-state index contributed by atoms with van der Waals surface area (Å²) in [5.41, 5.74) is 1.17. The summed E-state index contributed by atoms with van der Waals surface area (Å²) in [6, 6.07) is 6.20. The number of rotatable bonds is 9. The molecule has 1 unspecified atom stereocenters. The molecule has 1 aliphatic heterocycles. The number of hydrogen-bond acceptors (Lipinski definition) is 6. The summed E-state index contributed by atoms with van der Waals surface area (Å²) in [5.74, 6) is 2.26. The van der Waals surface area contributed by atoms with E-state index in [1.165, 1.54) is 0 Å². The summed E-state index contributed by atoms with van der Waals surface area (Å²) >= 11 is 0. The van der Waals surface area contributed by atoms with Crippen molar-refractivity contribution >= 4 is 5.96 Å². The van der Waals surface area contributed by atoms with Gasteiger partial charge < -0.3 is 29.7 Å². The van der Waals surface area contributed by atoms with Crippen molar-refractivity contribution in [1.29, 1.82) is 0 Å². The second kappa shape index (κ2) is 11.4. The molecular formula is C22H39N5O3. The van der Waals surface area contributed by atoms with Gasteiger partial charge >= 0.3 is 0 Å². The Morgan fingerprint density at radius 1 is 1.17 bits per heavy atom. The predicted molar refractivity (Wildman–Crippen MR) is 122 cm³/mol. The average Bonchev–Trinajstić information content (AvgIpc) is 2.76. The molecule has 1 aromatic rings. The van der Waals surface area contributed by atoms with Crippen LogP contribution in [-0.4, -0.2) is 96.1 Å². The smallest absolute Gasteiger partial charge is 0.191 e. The number of nitrogens with one attached hydrogen (secondary N) is 2. The predicted octanol–water partition coefficient (Wildman–Crippen LogP) is 1.58. The molecular weight excluding hydrogens is 382 g/mol. The molecule has 1 saturated heterocycles. The SMILES string of the molecule is CN=C(NCC(c1ccc(OC)c(OC)c1)N(C)C)NCC(C)(C)N1CCOCC1. The summed E-state index contributed by atoms with van der Waals surface area (Å²) in [7, 11) is 9.25. The van der Waals surface area contributed by atoms with E-state index in [-0.39, 0.29) is 11.6 Å². The third-order valence-electron chi connectivity index (χ3n) is 5.66. The summed E-state index contributed by atoms with van der Waals surface area (Å²) in [6.45, 7) is 9.54. The van der Waals surface area contributed by atoms with E-state index in [2.05, 4.69) is 59.4 Å². The minimum absolute atomic E-state index is 0.0195. The first-order valence-electron chi connectivity index (χ1n) is 10.5. The van der Waals surface area contributed by atoms with Crippen LogP contribution in [0.4, 0.5) is 0 Å². The van der Waals surface area contributed by atoms with Gasteiger partial charge in [0.1, 0.15) is 0 Å². The van der Waals surface area contributed by atoms with Crippen LogP contribution in [-0.2, 0) is 4.74 Å². The number of hydrogen-bond donors (Lipinski definition) is 2. The monoisotopic (exact) mass is 421 g/mol. The minimum atomic E-state index is 0.0195. The maximum Gasteiger partial charge on any atom is 0.191 e. The maximum atomic E-state index is 5.48. The third-order valence-corrected chi connectivity index (χ3v) is 5.66. The van der Waals surface area contributed by atoms with Crippen molar-refractivity contribution in [3.8, 4) is 11.5 Å². The summed E-state index contributed by atoms with van der Waals surface area (Å²) < 4.78 is 16.3. The number of benzene rings is 1. The molecule has 8 heteroatoms. The van der Waals surface area contributed by atoms with E-state index in [1.54, 1.807) is 21.3 Å². The van der Waals surface area contributed by atoms with Gasteiger partial charge in [0.15, 0.2) is 17.5 Å². The lowest BCUT2D eigenvalue weighted by Gasteiger charge is -2.41. The molecule has 0 aliphatic carbocycles. The van der Waals surface area contributed by atoms with Crippen LogP contribution < -0.4 is 20.1 Å². The Labute approximate surface area is 181 Å². The number of ether oxygens (including phenoxy) is 3. The van der Waals surface area contributed by atoms with E-state index < -0.39 is 0 Å². The Balaban J connectivity index is 1.98. The zero-order valence-corrected chi connectivity index (χ0v) is 19.6. The van der Waals surface area contributed by atoms with Gasteiger partial charge in [0, 0.05) is 38.8 Å². The van der Waals surface area contributed by atoms with Crippen LogP contribution in [0.1, 0.15) is 25.5 Å². The van der Waals surface area contributed by atoms with Crippen molar-refractivity contribution in [3.63, 3.8) is 0 Å². The van der Waals surface area contributed by atoms with E-state index in [0.29, 0.717) is 6.54 Å². The van der Waals surface area contributed by atoms with Gasteiger partial charge in [0.2, 0.25) is 0 Å². The molecule has 1 fully saturated rings. The second-order valence-corrected chi connectivity index (χ2v) is 8.31. The van der Waals surface area contributed by atoms with Crippen LogP contribution >= 0.6 is 0 Å². The standard InChI is InChI=1S/C22H39N5O3/c1-22(2,27-10-12-30-13-11-27)16-25-21(23-3)24-15-18(26(4)5)17-8-9-19(28-6)20(14-17)29-7/h8-9,14,18H,10-13,15-16H2,1-7H3,(H2,23,24,25). The zero-order valence-electron chi connectivity index (χ0n) is 19.6. The molecule has 0 radical (unpaired) electrons. The van der Waals surface area contributed by atoms with Gasteiger partial charge in [-0.15, -0.1) is 0 Å². The number of likely N-dealkylation sites (N-methyl/N-ethyl adjacent to an activating group) is 1. The molecule has 170 valence electrons.